The van der Waals surface area contributed by atoms with Gasteiger partial charge in [-0.3, -0.25) is 4.99 Å². The second-order valence-corrected chi connectivity index (χ2v) is 8.24. The van der Waals surface area contributed by atoms with Gasteiger partial charge in [0.25, 0.3) is 0 Å². The van der Waals surface area contributed by atoms with Gasteiger partial charge in [0.05, 0.1) is 12.8 Å². The highest BCUT2D eigenvalue weighted by Crippen LogP contribution is 2.33. The lowest BCUT2D eigenvalue weighted by Crippen LogP contribution is -2.46. The number of nitrogens with one attached hydrogen (secondary N) is 2. The van der Waals surface area contributed by atoms with Crippen LogP contribution < -0.4 is 20.3 Å². The van der Waals surface area contributed by atoms with Gasteiger partial charge < -0.3 is 25.2 Å². The van der Waals surface area contributed by atoms with Crippen LogP contribution in [0.4, 0.5) is 5.69 Å². The summed E-state index contributed by atoms with van der Waals surface area (Å²) < 4.78 is 5.51. The minimum atomic E-state index is 0.357. The first-order chi connectivity index (χ1) is 13.6. The molecule has 0 spiro atoms. The van der Waals surface area contributed by atoms with Gasteiger partial charge in [0.2, 0.25) is 0 Å². The van der Waals surface area contributed by atoms with Gasteiger partial charge in [-0.1, -0.05) is 18.5 Å². The number of aliphatic imine (C=N–C) groups is 1. The second kappa shape index (κ2) is 10.2. The summed E-state index contributed by atoms with van der Waals surface area (Å²) in [6, 6.07) is 6.14. The van der Waals surface area contributed by atoms with Gasteiger partial charge in [0.1, 0.15) is 5.75 Å². The molecule has 7 heteroatoms. The van der Waals surface area contributed by atoms with E-state index < -0.39 is 0 Å². The molecule has 2 unspecified atom stereocenters. The van der Waals surface area contributed by atoms with Crippen molar-refractivity contribution in [1.29, 1.82) is 0 Å². The minimum Gasteiger partial charge on any atom is -0.495 e. The number of halogens is 1. The molecule has 28 heavy (non-hydrogen) atoms. The molecule has 2 fully saturated rings. The van der Waals surface area contributed by atoms with Crippen molar-refractivity contribution in [2.45, 2.75) is 32.2 Å². The van der Waals surface area contributed by atoms with E-state index in [1.807, 2.05) is 25.2 Å². The normalized spacial score (nSPS) is 23.3. The molecule has 0 aliphatic carbocycles. The van der Waals surface area contributed by atoms with Crippen molar-refractivity contribution < 1.29 is 4.74 Å². The zero-order chi connectivity index (χ0) is 19.9. The summed E-state index contributed by atoms with van der Waals surface area (Å²) in [6.45, 7) is 8.76. The Morgan fingerprint density at radius 2 is 2.14 bits per heavy atom. The van der Waals surface area contributed by atoms with Gasteiger partial charge in [-0.2, -0.15) is 0 Å². The summed E-state index contributed by atoms with van der Waals surface area (Å²) in [7, 11) is 3.55. The third-order valence-corrected chi connectivity index (χ3v) is 5.94. The maximum absolute atomic E-state index is 6.20. The van der Waals surface area contributed by atoms with Gasteiger partial charge in [0, 0.05) is 44.3 Å². The summed E-state index contributed by atoms with van der Waals surface area (Å²) in [5.41, 5.74) is 1.06. The fraction of sp³-hybridized carbons (Fsp3) is 0.667. The third-order valence-electron chi connectivity index (χ3n) is 5.70. The lowest BCUT2D eigenvalue weighted by Gasteiger charge is -2.23. The Morgan fingerprint density at radius 3 is 2.89 bits per heavy atom. The van der Waals surface area contributed by atoms with Crippen LogP contribution in [0, 0.1) is 5.92 Å². The summed E-state index contributed by atoms with van der Waals surface area (Å²) in [5, 5.41) is 7.86. The van der Waals surface area contributed by atoms with Gasteiger partial charge in [-0.15, -0.1) is 0 Å². The molecule has 2 aliphatic rings. The average Bonchev–Trinajstić information content (AvgIpc) is 3.35. The van der Waals surface area contributed by atoms with E-state index in [0.717, 1.165) is 48.5 Å². The van der Waals surface area contributed by atoms with Crippen molar-refractivity contribution >= 4 is 23.2 Å². The summed E-state index contributed by atoms with van der Waals surface area (Å²) in [6.07, 6.45) is 3.57. The van der Waals surface area contributed by atoms with Gasteiger partial charge in [-0.25, -0.2) is 0 Å². The average molecular weight is 408 g/mol. The van der Waals surface area contributed by atoms with E-state index in [9.17, 15) is 0 Å². The number of ether oxygens (including phenoxy) is 1. The van der Waals surface area contributed by atoms with E-state index in [4.69, 9.17) is 16.3 Å². The zero-order valence-corrected chi connectivity index (χ0v) is 18.1. The number of hydrogen-bond acceptors (Lipinski definition) is 4. The van der Waals surface area contributed by atoms with E-state index >= 15 is 0 Å². The standard InChI is InChI=1S/C21H34ClN5O/c1-4-9-26-10-7-16(14-26)13-24-21(23-2)25-18-8-11-27(15-18)19-12-17(22)5-6-20(19)28-3/h5-6,12,16,18H,4,7-11,13-15H2,1-3H3,(H2,23,24,25). The fourth-order valence-electron chi connectivity index (χ4n) is 4.23. The highest BCUT2D eigenvalue weighted by molar-refractivity contribution is 6.30. The number of hydrogen-bond donors (Lipinski definition) is 2. The van der Waals surface area contributed by atoms with E-state index in [0.29, 0.717) is 12.0 Å². The number of guanidine groups is 1. The summed E-state index contributed by atoms with van der Waals surface area (Å²) in [4.78, 5) is 9.32. The molecule has 2 atom stereocenters. The van der Waals surface area contributed by atoms with Crippen LogP contribution >= 0.6 is 11.6 Å². The van der Waals surface area contributed by atoms with Crippen LogP contribution in [0.5, 0.6) is 5.75 Å². The number of nitrogens with zero attached hydrogens (tertiary/aromatic N) is 3. The van der Waals surface area contributed by atoms with Crippen molar-refractivity contribution in [3.05, 3.63) is 23.2 Å². The van der Waals surface area contributed by atoms with Crippen LogP contribution in [0.15, 0.2) is 23.2 Å². The van der Waals surface area contributed by atoms with E-state index in [1.54, 1.807) is 7.11 Å². The molecule has 1 aromatic carbocycles. The number of methoxy groups -OCH3 is 1. The molecule has 0 radical (unpaired) electrons. The van der Waals surface area contributed by atoms with E-state index in [2.05, 4.69) is 32.3 Å². The van der Waals surface area contributed by atoms with Crippen LogP contribution in [0.3, 0.4) is 0 Å². The highest BCUT2D eigenvalue weighted by atomic mass is 35.5. The molecule has 2 aliphatic heterocycles. The maximum atomic E-state index is 6.20. The molecule has 156 valence electrons. The molecule has 0 amide bonds. The van der Waals surface area contributed by atoms with Crippen molar-refractivity contribution in [3.8, 4) is 5.75 Å². The van der Waals surface area contributed by atoms with Crippen molar-refractivity contribution in [1.82, 2.24) is 15.5 Å². The summed E-state index contributed by atoms with van der Waals surface area (Å²) >= 11 is 6.20. The van der Waals surface area contributed by atoms with Crippen LogP contribution in [-0.4, -0.2) is 70.3 Å². The van der Waals surface area contributed by atoms with Crippen molar-refractivity contribution in [2.24, 2.45) is 10.9 Å². The fourth-order valence-corrected chi connectivity index (χ4v) is 4.40. The van der Waals surface area contributed by atoms with Crippen molar-refractivity contribution in [2.75, 3.05) is 58.3 Å². The van der Waals surface area contributed by atoms with Gasteiger partial charge >= 0.3 is 0 Å². The third kappa shape index (κ3) is 5.45. The topological polar surface area (TPSA) is 52.1 Å². The molecule has 6 nitrogen and oxygen atoms in total. The molecule has 1 aromatic rings. The van der Waals surface area contributed by atoms with Crippen LogP contribution in [0.2, 0.25) is 5.02 Å². The number of anilines is 1. The molecular weight excluding hydrogens is 374 g/mol. The van der Waals surface area contributed by atoms with E-state index in [1.165, 1.54) is 32.5 Å². The first-order valence-electron chi connectivity index (χ1n) is 10.4. The number of likely N-dealkylation sites (tertiary alicyclic amines) is 1. The van der Waals surface area contributed by atoms with E-state index in [-0.39, 0.29) is 0 Å². The first kappa shape index (κ1) is 21.1. The Labute approximate surface area is 174 Å². The molecule has 2 N–H and O–H groups in total. The predicted octanol–water partition coefficient (Wildman–Crippen LogP) is 2.82. The predicted molar refractivity (Wildman–Crippen MR) is 118 cm³/mol. The Balaban J connectivity index is 1.48. The van der Waals surface area contributed by atoms with Crippen LogP contribution in [0.25, 0.3) is 0 Å². The maximum Gasteiger partial charge on any atom is 0.191 e. The Hall–Kier alpha value is -1.66. The smallest absolute Gasteiger partial charge is 0.191 e. The SMILES string of the molecule is CCCN1CCC(CNC(=NC)NC2CCN(c3cc(Cl)ccc3OC)C2)C1. The molecule has 0 bridgehead atoms. The molecular formula is C21H34ClN5O. The number of benzene rings is 1. The number of rotatable bonds is 7. The highest BCUT2D eigenvalue weighted by Gasteiger charge is 2.26. The first-order valence-corrected chi connectivity index (χ1v) is 10.8. The van der Waals surface area contributed by atoms with Crippen LogP contribution in [0.1, 0.15) is 26.2 Å². The Kier molecular flexibility index (Phi) is 7.68. The van der Waals surface area contributed by atoms with Gasteiger partial charge in [-0.05, 0) is 56.5 Å². The monoisotopic (exact) mass is 407 g/mol. The molecule has 2 saturated heterocycles. The Morgan fingerprint density at radius 1 is 1.29 bits per heavy atom. The lowest BCUT2D eigenvalue weighted by atomic mass is 10.1. The Bertz CT molecular complexity index is 668. The van der Waals surface area contributed by atoms with Crippen LogP contribution in [-0.2, 0) is 0 Å². The minimum absolute atomic E-state index is 0.357. The quantitative estimate of drug-likeness (QED) is 0.537. The van der Waals surface area contributed by atoms with Crippen molar-refractivity contribution in [3.63, 3.8) is 0 Å². The summed E-state index contributed by atoms with van der Waals surface area (Å²) in [5.74, 6) is 2.48. The molecule has 0 saturated carbocycles. The lowest BCUT2D eigenvalue weighted by molar-refractivity contribution is 0.324. The second-order valence-electron chi connectivity index (χ2n) is 7.80. The van der Waals surface area contributed by atoms with Gasteiger partial charge in [0.15, 0.2) is 5.96 Å². The molecule has 3 rings (SSSR count). The zero-order valence-electron chi connectivity index (χ0n) is 17.4. The molecule has 0 aromatic heterocycles. The molecule has 2 heterocycles. The largest absolute Gasteiger partial charge is 0.495 e.